The lowest BCUT2D eigenvalue weighted by molar-refractivity contribution is -0.191. The second-order valence-electron chi connectivity index (χ2n) is 3.17. The van der Waals surface area contributed by atoms with Crippen LogP contribution < -0.4 is 0 Å². The van der Waals surface area contributed by atoms with Crippen molar-refractivity contribution in [1.29, 1.82) is 0 Å². The molecule has 0 spiro atoms. The first-order chi connectivity index (χ1) is 5.52. The maximum atomic E-state index is 8.12. The van der Waals surface area contributed by atoms with Crippen molar-refractivity contribution in [3.05, 3.63) is 16.6 Å². The zero-order chi connectivity index (χ0) is 9.61. The molecule has 0 unspecified atom stereocenters. The molecular weight excluding hydrogens is 174 g/mol. The molecule has 0 fully saturated rings. The van der Waals surface area contributed by atoms with Gasteiger partial charge in [0.25, 0.3) is 0 Å². The van der Waals surface area contributed by atoms with Gasteiger partial charge in [-0.25, -0.2) is 4.98 Å². The summed E-state index contributed by atoms with van der Waals surface area (Å²) in [5.74, 6) is 0. The third-order valence-corrected chi connectivity index (χ3v) is 2.27. The summed E-state index contributed by atoms with van der Waals surface area (Å²) < 4.78 is 0. The van der Waals surface area contributed by atoms with Gasteiger partial charge in [-0.1, -0.05) is 20.8 Å². The SMILES string of the molecule is CC(C)(C)c1nccs1.O=C=O. The van der Waals surface area contributed by atoms with Crippen LogP contribution in [0.1, 0.15) is 25.8 Å². The molecule has 0 aliphatic carbocycles. The molecule has 66 valence electrons. The topological polar surface area (TPSA) is 47.0 Å². The molecule has 1 aromatic rings. The van der Waals surface area contributed by atoms with Crippen LogP contribution in [0.25, 0.3) is 0 Å². The van der Waals surface area contributed by atoms with Crippen molar-refractivity contribution < 1.29 is 9.59 Å². The van der Waals surface area contributed by atoms with Crippen LogP contribution in [0.15, 0.2) is 11.6 Å². The fourth-order valence-electron chi connectivity index (χ4n) is 0.594. The van der Waals surface area contributed by atoms with Crippen molar-refractivity contribution in [2.45, 2.75) is 26.2 Å². The van der Waals surface area contributed by atoms with E-state index < -0.39 is 0 Å². The minimum Gasteiger partial charge on any atom is -0.249 e. The van der Waals surface area contributed by atoms with E-state index in [1.54, 1.807) is 11.3 Å². The van der Waals surface area contributed by atoms with E-state index in [0.717, 1.165) is 0 Å². The van der Waals surface area contributed by atoms with E-state index in [4.69, 9.17) is 9.59 Å². The largest absolute Gasteiger partial charge is 0.373 e. The fourth-order valence-corrected chi connectivity index (χ4v) is 1.32. The summed E-state index contributed by atoms with van der Waals surface area (Å²) in [5, 5.41) is 3.23. The van der Waals surface area contributed by atoms with Crippen LogP contribution in [0.5, 0.6) is 0 Å². The molecule has 0 aliphatic rings. The minimum absolute atomic E-state index is 0.230. The third-order valence-electron chi connectivity index (χ3n) is 1.07. The summed E-state index contributed by atoms with van der Waals surface area (Å²) in [6.07, 6.45) is 2.10. The van der Waals surface area contributed by atoms with Gasteiger partial charge in [-0.15, -0.1) is 11.3 Å². The van der Waals surface area contributed by atoms with Crippen molar-refractivity contribution in [3.63, 3.8) is 0 Å². The fraction of sp³-hybridized carbons (Fsp3) is 0.500. The molecule has 1 rings (SSSR count). The smallest absolute Gasteiger partial charge is 0.249 e. The predicted molar refractivity (Wildman–Crippen MR) is 45.8 cm³/mol. The number of hydrogen-bond acceptors (Lipinski definition) is 4. The van der Waals surface area contributed by atoms with Gasteiger partial charge in [0.2, 0.25) is 0 Å². The summed E-state index contributed by atoms with van der Waals surface area (Å²) >= 11 is 1.72. The Hall–Kier alpha value is -0.990. The maximum absolute atomic E-state index is 8.12. The van der Waals surface area contributed by atoms with E-state index in [0.29, 0.717) is 0 Å². The van der Waals surface area contributed by atoms with Gasteiger partial charge >= 0.3 is 6.15 Å². The third kappa shape index (κ3) is 4.01. The molecule has 0 saturated heterocycles. The molecule has 1 heterocycles. The molecule has 0 atom stereocenters. The van der Waals surface area contributed by atoms with Gasteiger partial charge in [-0.2, -0.15) is 9.59 Å². The molecule has 0 bridgehead atoms. The molecule has 0 saturated carbocycles. The molecule has 4 heteroatoms. The van der Waals surface area contributed by atoms with Crippen LogP contribution in [0.4, 0.5) is 0 Å². The first kappa shape index (κ1) is 11.0. The molecule has 0 N–H and O–H groups in total. The average molecular weight is 185 g/mol. The van der Waals surface area contributed by atoms with Crippen molar-refractivity contribution >= 4 is 17.5 Å². The monoisotopic (exact) mass is 185 g/mol. The zero-order valence-corrected chi connectivity index (χ0v) is 8.14. The number of hydrogen-bond donors (Lipinski definition) is 0. The van der Waals surface area contributed by atoms with Crippen LogP contribution in [0.2, 0.25) is 0 Å². The molecule has 0 aromatic carbocycles. The Balaban J connectivity index is 0.000000354. The highest BCUT2D eigenvalue weighted by molar-refractivity contribution is 7.09. The van der Waals surface area contributed by atoms with E-state index in [9.17, 15) is 0 Å². The van der Waals surface area contributed by atoms with Crippen molar-refractivity contribution in [2.75, 3.05) is 0 Å². The lowest BCUT2D eigenvalue weighted by atomic mass is 9.98. The van der Waals surface area contributed by atoms with Crippen molar-refractivity contribution in [3.8, 4) is 0 Å². The van der Waals surface area contributed by atoms with Gasteiger partial charge < -0.3 is 0 Å². The highest BCUT2D eigenvalue weighted by atomic mass is 32.1. The number of thiazole rings is 1. The van der Waals surface area contributed by atoms with Crippen molar-refractivity contribution in [1.82, 2.24) is 4.98 Å². The molecule has 0 aliphatic heterocycles. The summed E-state index contributed by atoms with van der Waals surface area (Å²) in [7, 11) is 0. The van der Waals surface area contributed by atoms with Gasteiger partial charge in [-0.3, -0.25) is 0 Å². The zero-order valence-electron chi connectivity index (χ0n) is 7.33. The molecule has 1 aromatic heterocycles. The van der Waals surface area contributed by atoms with Crippen molar-refractivity contribution in [2.24, 2.45) is 0 Å². The lowest BCUT2D eigenvalue weighted by Gasteiger charge is -2.12. The Morgan fingerprint density at radius 3 is 2.08 bits per heavy atom. The van der Waals surface area contributed by atoms with Gasteiger partial charge in [0, 0.05) is 17.0 Å². The van der Waals surface area contributed by atoms with E-state index in [-0.39, 0.29) is 11.6 Å². The Kier molecular flexibility index (Phi) is 4.40. The lowest BCUT2D eigenvalue weighted by Crippen LogP contribution is -2.09. The van der Waals surface area contributed by atoms with Gasteiger partial charge in [0.1, 0.15) is 0 Å². The van der Waals surface area contributed by atoms with Gasteiger partial charge in [0.05, 0.1) is 5.01 Å². The first-order valence-corrected chi connectivity index (χ1v) is 4.29. The number of aromatic nitrogens is 1. The Bertz CT molecular complexity index is 243. The second kappa shape index (κ2) is 4.80. The predicted octanol–water partition coefficient (Wildman–Crippen LogP) is 1.86. The van der Waals surface area contributed by atoms with Crippen LogP contribution in [0, 0.1) is 0 Å². The summed E-state index contributed by atoms with van der Waals surface area (Å²) in [6.45, 7) is 6.52. The minimum atomic E-state index is 0.230. The van der Waals surface area contributed by atoms with E-state index >= 15 is 0 Å². The van der Waals surface area contributed by atoms with Gasteiger partial charge in [0.15, 0.2) is 0 Å². The average Bonchev–Trinajstić information content (AvgIpc) is 2.36. The summed E-state index contributed by atoms with van der Waals surface area (Å²) in [4.78, 5) is 20.5. The number of rotatable bonds is 0. The Morgan fingerprint density at radius 1 is 1.42 bits per heavy atom. The highest BCUT2D eigenvalue weighted by Crippen LogP contribution is 2.23. The molecule has 12 heavy (non-hydrogen) atoms. The number of carbonyl (C=O) groups excluding carboxylic acids is 2. The normalized spacial score (nSPS) is 9.58. The standard InChI is InChI=1S/C7H11NS.CO2/c1-7(2,3)6-8-4-5-9-6;2-1-3/h4-5H,1-3H3;. The van der Waals surface area contributed by atoms with Crippen LogP contribution >= 0.6 is 11.3 Å². The molecule has 0 radical (unpaired) electrons. The van der Waals surface area contributed by atoms with Gasteiger partial charge in [-0.05, 0) is 0 Å². The highest BCUT2D eigenvalue weighted by Gasteiger charge is 2.15. The first-order valence-electron chi connectivity index (χ1n) is 3.41. The summed E-state index contributed by atoms with van der Waals surface area (Å²) in [5.41, 5.74) is 0.230. The van der Waals surface area contributed by atoms with E-state index in [1.807, 2.05) is 11.6 Å². The Morgan fingerprint density at radius 2 is 1.92 bits per heavy atom. The summed E-state index contributed by atoms with van der Waals surface area (Å²) in [6, 6.07) is 0. The van der Waals surface area contributed by atoms with Crippen LogP contribution in [0.3, 0.4) is 0 Å². The Labute approximate surface area is 75.4 Å². The molecular formula is C8H11NO2S. The maximum Gasteiger partial charge on any atom is 0.373 e. The second-order valence-corrected chi connectivity index (χ2v) is 4.07. The molecule has 0 amide bonds. The van der Waals surface area contributed by atoms with Crippen LogP contribution in [-0.4, -0.2) is 11.1 Å². The number of nitrogens with zero attached hydrogens (tertiary/aromatic N) is 1. The quantitative estimate of drug-likeness (QED) is 0.619. The molecule has 3 nitrogen and oxygen atoms in total. The van der Waals surface area contributed by atoms with E-state index in [1.165, 1.54) is 5.01 Å². The van der Waals surface area contributed by atoms with Crippen LogP contribution in [-0.2, 0) is 15.0 Å². The van der Waals surface area contributed by atoms with E-state index in [2.05, 4.69) is 25.8 Å².